The average Bonchev–Trinajstić information content (AvgIpc) is 2.88. The molecule has 10 nitrogen and oxygen atoms in total. The van der Waals surface area contributed by atoms with Gasteiger partial charge in [0.25, 0.3) is 0 Å². The summed E-state index contributed by atoms with van der Waals surface area (Å²) in [6, 6.07) is 0. The smallest absolute Gasteiger partial charge is 0.481 e. The Hall–Kier alpha value is -2.70. The van der Waals surface area contributed by atoms with Gasteiger partial charge in [-0.25, -0.2) is 4.79 Å². The normalized spacial score (nSPS) is 26.7. The number of hydrogen-bond donors (Lipinski definition) is 3. The highest BCUT2D eigenvalue weighted by atomic mass is 19.4. The largest absolute Gasteiger partial charge is 0.490 e. The maximum atomic E-state index is 11.4. The van der Waals surface area contributed by atoms with Crippen molar-refractivity contribution >= 4 is 17.9 Å². The SMILES string of the molecule is CCc1noc(CN2C[C@@]3(C(=O)O)C[C@@]3(C(=O)O)C2)n1.O=C(O)C(F)(F)F. The molecular weight excluding hydrogens is 379 g/mol. The molecule has 1 saturated carbocycles. The van der Waals surface area contributed by atoms with E-state index in [-0.39, 0.29) is 26.1 Å². The highest BCUT2D eigenvalue weighted by molar-refractivity contribution is 5.94. The summed E-state index contributed by atoms with van der Waals surface area (Å²) in [5.41, 5.74) is -2.32. The number of carbonyl (C=O) groups is 3. The molecule has 0 aromatic carbocycles. The second-order valence-corrected chi connectivity index (χ2v) is 6.36. The lowest BCUT2D eigenvalue weighted by molar-refractivity contribution is -0.192. The van der Waals surface area contributed by atoms with Crippen LogP contribution in [0.4, 0.5) is 13.2 Å². The van der Waals surface area contributed by atoms with Gasteiger partial charge in [0.2, 0.25) is 5.89 Å². The molecule has 0 radical (unpaired) electrons. The van der Waals surface area contributed by atoms with Crippen molar-refractivity contribution < 1.29 is 47.4 Å². The number of carboxylic acids is 3. The van der Waals surface area contributed by atoms with Crippen LogP contribution in [0.5, 0.6) is 0 Å². The molecule has 2 aliphatic rings. The highest BCUT2D eigenvalue weighted by Gasteiger charge is 2.80. The van der Waals surface area contributed by atoms with Crippen molar-refractivity contribution in [2.75, 3.05) is 13.1 Å². The maximum absolute atomic E-state index is 11.4. The number of halogens is 3. The summed E-state index contributed by atoms with van der Waals surface area (Å²) in [7, 11) is 0. The molecule has 150 valence electrons. The van der Waals surface area contributed by atoms with Crippen molar-refractivity contribution in [2.45, 2.75) is 32.5 Å². The van der Waals surface area contributed by atoms with Gasteiger partial charge in [-0.3, -0.25) is 14.5 Å². The van der Waals surface area contributed by atoms with Gasteiger partial charge in [-0.15, -0.1) is 0 Å². The lowest BCUT2D eigenvalue weighted by Gasteiger charge is -2.16. The minimum absolute atomic E-state index is 0.200. The van der Waals surface area contributed by atoms with Crippen LogP contribution in [0.15, 0.2) is 4.52 Å². The Balaban J connectivity index is 0.000000321. The molecule has 1 aromatic heterocycles. The molecule has 0 spiro atoms. The number of carboxylic acid groups (broad SMARTS) is 3. The zero-order chi connectivity index (χ0) is 20.6. The van der Waals surface area contributed by atoms with Crippen LogP contribution in [0.2, 0.25) is 0 Å². The zero-order valence-electron chi connectivity index (χ0n) is 14.0. The molecule has 0 amide bonds. The standard InChI is InChI=1S/C12H15N3O5.C2HF3O2/c1-2-7-13-8(20-14-7)3-15-5-11(9(16)17)4-12(11,6-15)10(18)19;3-2(4,5)1(6)7/h2-6H2,1H3,(H,16,17)(H,18,19);(H,6,7)/t11-,12+;. The van der Waals surface area contributed by atoms with Crippen LogP contribution in [-0.2, 0) is 27.3 Å². The van der Waals surface area contributed by atoms with Crippen molar-refractivity contribution in [1.82, 2.24) is 15.0 Å². The van der Waals surface area contributed by atoms with E-state index in [0.29, 0.717) is 18.1 Å². The minimum atomic E-state index is -5.08. The van der Waals surface area contributed by atoms with Gasteiger partial charge >= 0.3 is 24.1 Å². The number of aromatic nitrogens is 2. The molecule has 3 N–H and O–H groups in total. The Morgan fingerprint density at radius 3 is 1.96 bits per heavy atom. The molecule has 13 heteroatoms. The summed E-state index contributed by atoms with van der Waals surface area (Å²) < 4.78 is 36.8. The van der Waals surface area contributed by atoms with Crippen molar-refractivity contribution in [3.8, 4) is 0 Å². The van der Waals surface area contributed by atoms with Crippen LogP contribution in [0.25, 0.3) is 0 Å². The zero-order valence-corrected chi connectivity index (χ0v) is 14.0. The van der Waals surface area contributed by atoms with Gasteiger partial charge in [-0.1, -0.05) is 12.1 Å². The molecule has 0 bridgehead atoms. The second-order valence-electron chi connectivity index (χ2n) is 6.36. The monoisotopic (exact) mass is 395 g/mol. The average molecular weight is 395 g/mol. The van der Waals surface area contributed by atoms with Crippen LogP contribution in [0, 0.1) is 10.8 Å². The molecule has 2 heterocycles. The topological polar surface area (TPSA) is 154 Å². The fraction of sp³-hybridized carbons (Fsp3) is 0.643. The third-order valence-corrected chi connectivity index (χ3v) is 4.63. The Morgan fingerprint density at radius 2 is 1.63 bits per heavy atom. The second kappa shape index (κ2) is 6.79. The van der Waals surface area contributed by atoms with E-state index in [0.717, 1.165) is 0 Å². The van der Waals surface area contributed by atoms with Crippen LogP contribution >= 0.6 is 0 Å². The summed E-state index contributed by atoms with van der Waals surface area (Å²) in [6.45, 7) is 2.60. The molecule has 2 atom stereocenters. The van der Waals surface area contributed by atoms with Gasteiger partial charge in [0.05, 0.1) is 17.4 Å². The van der Waals surface area contributed by atoms with Gasteiger partial charge in [-0.05, 0) is 6.42 Å². The number of aliphatic carboxylic acids is 3. The minimum Gasteiger partial charge on any atom is -0.481 e. The molecule has 2 fully saturated rings. The number of fused-ring (bicyclic) bond motifs is 1. The van der Waals surface area contributed by atoms with Crippen LogP contribution in [0.3, 0.4) is 0 Å². The third-order valence-electron chi connectivity index (χ3n) is 4.63. The molecule has 1 aromatic rings. The van der Waals surface area contributed by atoms with E-state index < -0.39 is 34.9 Å². The van der Waals surface area contributed by atoms with E-state index in [1.165, 1.54) is 0 Å². The van der Waals surface area contributed by atoms with E-state index in [9.17, 15) is 33.0 Å². The quantitative estimate of drug-likeness (QED) is 0.646. The first kappa shape index (κ1) is 20.6. The number of likely N-dealkylation sites (tertiary alicyclic amines) is 1. The first-order valence-electron chi connectivity index (χ1n) is 7.68. The molecule has 0 unspecified atom stereocenters. The Kier molecular flexibility index (Phi) is 5.19. The van der Waals surface area contributed by atoms with E-state index >= 15 is 0 Å². The van der Waals surface area contributed by atoms with Gasteiger partial charge in [0, 0.05) is 19.5 Å². The van der Waals surface area contributed by atoms with Crippen LogP contribution in [0.1, 0.15) is 25.1 Å². The van der Waals surface area contributed by atoms with E-state index in [2.05, 4.69) is 10.1 Å². The maximum Gasteiger partial charge on any atom is 0.490 e. The Morgan fingerprint density at radius 1 is 1.15 bits per heavy atom. The van der Waals surface area contributed by atoms with E-state index in [1.807, 2.05) is 6.92 Å². The van der Waals surface area contributed by atoms with Gasteiger partial charge < -0.3 is 19.8 Å². The van der Waals surface area contributed by atoms with Crippen LogP contribution < -0.4 is 0 Å². The van der Waals surface area contributed by atoms with Crippen molar-refractivity contribution in [3.63, 3.8) is 0 Å². The number of nitrogens with zero attached hydrogens (tertiary/aromatic N) is 3. The molecule has 3 rings (SSSR count). The first-order chi connectivity index (χ1) is 12.4. The predicted molar refractivity (Wildman–Crippen MR) is 77.4 cm³/mol. The number of hydrogen-bond acceptors (Lipinski definition) is 7. The van der Waals surface area contributed by atoms with E-state index in [1.54, 1.807) is 4.90 Å². The fourth-order valence-electron chi connectivity index (χ4n) is 3.20. The Labute approximate surface area is 149 Å². The number of alkyl halides is 3. The summed E-state index contributed by atoms with van der Waals surface area (Å²) in [6.07, 6.45) is -4.23. The van der Waals surface area contributed by atoms with Crippen LogP contribution in [-0.4, -0.2) is 67.5 Å². The third kappa shape index (κ3) is 3.72. The summed E-state index contributed by atoms with van der Waals surface area (Å²) in [5.74, 6) is -3.86. The molecule has 1 aliphatic carbocycles. The molecule has 1 saturated heterocycles. The van der Waals surface area contributed by atoms with Crippen molar-refractivity contribution in [3.05, 3.63) is 11.7 Å². The first-order valence-corrected chi connectivity index (χ1v) is 7.68. The summed E-state index contributed by atoms with van der Waals surface area (Å²) >= 11 is 0. The summed E-state index contributed by atoms with van der Waals surface area (Å²) in [4.78, 5) is 37.6. The predicted octanol–water partition coefficient (Wildman–Crippen LogP) is 0.627. The number of piperidine rings is 1. The highest BCUT2D eigenvalue weighted by Crippen LogP contribution is 2.68. The van der Waals surface area contributed by atoms with Crippen molar-refractivity contribution in [1.29, 1.82) is 0 Å². The van der Waals surface area contributed by atoms with E-state index in [4.69, 9.17) is 14.4 Å². The molecular formula is C14H16F3N3O7. The molecule has 27 heavy (non-hydrogen) atoms. The number of aryl methyl sites for hydroxylation is 1. The Bertz CT molecular complexity index is 737. The fourth-order valence-corrected chi connectivity index (χ4v) is 3.20. The molecule has 1 aliphatic heterocycles. The lowest BCUT2D eigenvalue weighted by Crippen LogP contribution is -2.28. The van der Waals surface area contributed by atoms with Gasteiger partial charge in [0.1, 0.15) is 0 Å². The number of rotatable bonds is 5. The van der Waals surface area contributed by atoms with Crippen molar-refractivity contribution in [2.24, 2.45) is 10.8 Å². The lowest BCUT2D eigenvalue weighted by atomic mass is 9.97. The summed E-state index contributed by atoms with van der Waals surface area (Å²) in [5, 5.41) is 29.5. The van der Waals surface area contributed by atoms with Gasteiger partial charge in [0.15, 0.2) is 5.82 Å². The van der Waals surface area contributed by atoms with Gasteiger partial charge in [-0.2, -0.15) is 18.2 Å².